The smallest absolute Gasteiger partial charge is 0.411 e. The Bertz CT molecular complexity index is 400. The van der Waals surface area contributed by atoms with Gasteiger partial charge in [0.05, 0.1) is 12.5 Å². The van der Waals surface area contributed by atoms with E-state index in [4.69, 9.17) is 9.47 Å². The van der Waals surface area contributed by atoms with Gasteiger partial charge in [-0.1, -0.05) is 0 Å². The molecule has 0 spiro atoms. The quantitative estimate of drug-likeness (QED) is 0.785. The Hall–Kier alpha value is -1.79. The fraction of sp³-hybridized carbons (Fsp3) is 0.769. The number of hydrogen-bond acceptors (Lipinski definition) is 5. The molecule has 1 aliphatic heterocycles. The monoisotopic (exact) mass is 287 g/mol. The molecule has 1 heterocycles. The van der Waals surface area contributed by atoms with E-state index in [1.807, 2.05) is 0 Å². The highest BCUT2D eigenvalue weighted by Gasteiger charge is 2.47. The molecule has 7 heteroatoms. The van der Waals surface area contributed by atoms with Gasteiger partial charge in [0.1, 0.15) is 11.6 Å². The fourth-order valence-corrected chi connectivity index (χ4v) is 2.12. The second kappa shape index (κ2) is 6.11. The minimum atomic E-state index is -1.23. The zero-order valence-corrected chi connectivity index (χ0v) is 12.2. The van der Waals surface area contributed by atoms with Crippen LogP contribution in [0.15, 0.2) is 0 Å². The van der Waals surface area contributed by atoms with Gasteiger partial charge in [-0.15, -0.1) is 0 Å². The number of nitrogens with zero attached hydrogens (tertiary/aromatic N) is 1. The molecule has 0 aromatic carbocycles. The summed E-state index contributed by atoms with van der Waals surface area (Å²) < 4.78 is 10.0. The van der Waals surface area contributed by atoms with Crippen LogP contribution in [0.3, 0.4) is 0 Å². The molecule has 0 radical (unpaired) electrons. The molecule has 0 unspecified atom stereocenters. The van der Waals surface area contributed by atoms with Crippen molar-refractivity contribution in [3.63, 3.8) is 0 Å². The van der Waals surface area contributed by atoms with E-state index in [0.29, 0.717) is 0 Å². The molecule has 2 atom stereocenters. The highest BCUT2D eigenvalue weighted by atomic mass is 16.6. The number of carbonyl (C=O) groups is 3. The van der Waals surface area contributed by atoms with Crippen molar-refractivity contribution in [2.45, 2.75) is 45.8 Å². The van der Waals surface area contributed by atoms with Crippen LogP contribution in [0.25, 0.3) is 0 Å². The number of aliphatic carboxylic acids is 1. The molecule has 0 aromatic rings. The van der Waals surface area contributed by atoms with Gasteiger partial charge < -0.3 is 14.6 Å². The van der Waals surface area contributed by atoms with E-state index >= 15 is 0 Å². The number of likely N-dealkylation sites (tertiary alicyclic amines) is 1. The van der Waals surface area contributed by atoms with Crippen LogP contribution in [0.4, 0.5) is 4.79 Å². The van der Waals surface area contributed by atoms with Crippen LogP contribution >= 0.6 is 0 Å². The third kappa shape index (κ3) is 3.85. The molecule has 1 aliphatic rings. The summed E-state index contributed by atoms with van der Waals surface area (Å²) in [7, 11) is 0. The molecule has 1 saturated heterocycles. The van der Waals surface area contributed by atoms with Crippen LogP contribution in [-0.2, 0) is 19.1 Å². The number of hydrogen-bond donors (Lipinski definition) is 1. The van der Waals surface area contributed by atoms with Crippen LogP contribution in [0.5, 0.6) is 0 Å². The zero-order valence-electron chi connectivity index (χ0n) is 12.2. The molecular weight excluding hydrogens is 266 g/mol. The van der Waals surface area contributed by atoms with Crippen LogP contribution in [0.2, 0.25) is 0 Å². The molecule has 1 rings (SSSR count). The molecule has 1 amide bonds. The number of carboxylic acids is 1. The predicted octanol–water partition coefficient (Wildman–Crippen LogP) is 1.26. The van der Waals surface area contributed by atoms with Gasteiger partial charge in [-0.2, -0.15) is 0 Å². The Kier molecular flexibility index (Phi) is 4.97. The number of rotatable bonds is 3. The molecular formula is C13H21NO6. The lowest BCUT2D eigenvalue weighted by Gasteiger charge is -2.27. The summed E-state index contributed by atoms with van der Waals surface area (Å²) in [6.45, 7) is 7.07. The van der Waals surface area contributed by atoms with E-state index in [9.17, 15) is 19.5 Å². The summed E-state index contributed by atoms with van der Waals surface area (Å²) in [5, 5.41) is 9.26. The Morgan fingerprint density at radius 2 is 1.90 bits per heavy atom. The van der Waals surface area contributed by atoms with E-state index in [1.54, 1.807) is 27.7 Å². The first-order valence-electron chi connectivity index (χ1n) is 6.56. The van der Waals surface area contributed by atoms with Gasteiger partial charge in [0.15, 0.2) is 0 Å². The van der Waals surface area contributed by atoms with Crippen molar-refractivity contribution < 1.29 is 29.0 Å². The molecule has 0 aromatic heterocycles. The average Bonchev–Trinajstić information content (AvgIpc) is 2.71. The van der Waals surface area contributed by atoms with E-state index in [-0.39, 0.29) is 19.6 Å². The SMILES string of the molecule is CCOC(=O)[C@@H]1CCN(C(=O)OC(C)(C)C)[C@@H]1C(=O)O. The highest BCUT2D eigenvalue weighted by Crippen LogP contribution is 2.27. The lowest BCUT2D eigenvalue weighted by molar-refractivity contribution is -0.155. The summed E-state index contributed by atoms with van der Waals surface area (Å²) >= 11 is 0. The minimum absolute atomic E-state index is 0.162. The first-order chi connectivity index (χ1) is 9.17. The van der Waals surface area contributed by atoms with Crippen LogP contribution in [0, 0.1) is 5.92 Å². The second-order valence-electron chi connectivity index (χ2n) is 5.60. The Morgan fingerprint density at radius 3 is 2.35 bits per heavy atom. The molecule has 1 fully saturated rings. The van der Waals surface area contributed by atoms with Gasteiger partial charge >= 0.3 is 18.0 Å². The lowest BCUT2D eigenvalue weighted by Crippen LogP contribution is -2.47. The van der Waals surface area contributed by atoms with E-state index in [2.05, 4.69) is 0 Å². The first kappa shape index (κ1) is 16.3. The molecule has 0 saturated carbocycles. The number of amides is 1. The van der Waals surface area contributed by atoms with Gasteiger partial charge in [0.25, 0.3) is 0 Å². The summed E-state index contributed by atoms with van der Waals surface area (Å²) in [5.41, 5.74) is -0.720. The first-order valence-corrected chi connectivity index (χ1v) is 6.56. The highest BCUT2D eigenvalue weighted by molar-refractivity contribution is 5.88. The van der Waals surface area contributed by atoms with Gasteiger partial charge in [-0.25, -0.2) is 9.59 Å². The standard InChI is InChI=1S/C13H21NO6/c1-5-19-11(17)8-6-7-14(9(8)10(15)16)12(18)20-13(2,3)4/h8-9H,5-7H2,1-4H3,(H,15,16)/t8-,9+/m1/s1. The Morgan fingerprint density at radius 1 is 1.30 bits per heavy atom. The van der Waals surface area contributed by atoms with Crippen molar-refractivity contribution in [2.75, 3.05) is 13.2 Å². The van der Waals surface area contributed by atoms with Crippen molar-refractivity contribution in [1.29, 1.82) is 0 Å². The summed E-state index contributed by atoms with van der Waals surface area (Å²) in [6, 6.07) is -1.23. The van der Waals surface area contributed by atoms with Gasteiger partial charge in [-0.3, -0.25) is 9.69 Å². The number of carbonyl (C=O) groups excluding carboxylic acids is 2. The summed E-state index contributed by atoms with van der Waals surface area (Å²) in [4.78, 5) is 36.2. The van der Waals surface area contributed by atoms with Gasteiger partial charge in [0.2, 0.25) is 0 Å². The largest absolute Gasteiger partial charge is 0.480 e. The molecule has 0 bridgehead atoms. The van der Waals surface area contributed by atoms with Gasteiger partial charge in [-0.05, 0) is 34.1 Å². The van der Waals surface area contributed by atoms with E-state index < -0.39 is 35.6 Å². The normalized spacial score (nSPS) is 22.5. The Balaban J connectivity index is 2.86. The van der Waals surface area contributed by atoms with Crippen molar-refractivity contribution in [1.82, 2.24) is 4.90 Å². The predicted molar refractivity (Wildman–Crippen MR) is 69.1 cm³/mol. The molecule has 7 nitrogen and oxygen atoms in total. The topological polar surface area (TPSA) is 93.1 Å². The third-order valence-corrected chi connectivity index (χ3v) is 2.87. The van der Waals surface area contributed by atoms with Crippen LogP contribution in [0.1, 0.15) is 34.1 Å². The molecule has 1 N–H and O–H groups in total. The van der Waals surface area contributed by atoms with Crippen LogP contribution < -0.4 is 0 Å². The number of carboxylic acid groups (broad SMARTS) is 1. The number of ether oxygens (including phenoxy) is 2. The van der Waals surface area contributed by atoms with Crippen LogP contribution in [-0.4, -0.2) is 52.8 Å². The minimum Gasteiger partial charge on any atom is -0.480 e. The fourth-order valence-electron chi connectivity index (χ4n) is 2.12. The van der Waals surface area contributed by atoms with Crippen molar-refractivity contribution >= 4 is 18.0 Å². The molecule has 20 heavy (non-hydrogen) atoms. The van der Waals surface area contributed by atoms with E-state index in [0.717, 1.165) is 4.90 Å². The zero-order chi connectivity index (χ0) is 15.5. The number of esters is 1. The maximum atomic E-state index is 12.0. The average molecular weight is 287 g/mol. The maximum absolute atomic E-state index is 12.0. The van der Waals surface area contributed by atoms with Crippen molar-refractivity contribution in [2.24, 2.45) is 5.92 Å². The Labute approximate surface area is 117 Å². The summed E-state index contributed by atoms with van der Waals surface area (Å²) in [6.07, 6.45) is -0.466. The lowest BCUT2D eigenvalue weighted by atomic mass is 10.0. The second-order valence-corrected chi connectivity index (χ2v) is 5.60. The van der Waals surface area contributed by atoms with E-state index in [1.165, 1.54) is 0 Å². The maximum Gasteiger partial charge on any atom is 0.411 e. The molecule has 114 valence electrons. The molecule has 0 aliphatic carbocycles. The summed E-state index contributed by atoms with van der Waals surface area (Å²) in [5.74, 6) is -2.67. The van der Waals surface area contributed by atoms with Crippen molar-refractivity contribution in [3.8, 4) is 0 Å². The van der Waals surface area contributed by atoms with Crippen molar-refractivity contribution in [3.05, 3.63) is 0 Å². The van der Waals surface area contributed by atoms with Gasteiger partial charge in [0, 0.05) is 6.54 Å². The third-order valence-electron chi connectivity index (χ3n) is 2.87.